The first-order valence-corrected chi connectivity index (χ1v) is 10.3. The van der Waals surface area contributed by atoms with Crippen molar-refractivity contribution in [3.05, 3.63) is 0 Å². The molecule has 0 aromatic carbocycles. The first kappa shape index (κ1) is 10.6. The normalized spacial score (nSPS) is 17.1. The van der Waals surface area contributed by atoms with E-state index in [0.29, 0.717) is 0 Å². The molecule has 0 amide bonds. The molecule has 0 bridgehead atoms. The van der Waals surface area contributed by atoms with Crippen LogP contribution in [0.2, 0.25) is 19.6 Å². The van der Waals surface area contributed by atoms with Gasteiger partial charge in [-0.05, 0) is 20.6 Å². The van der Waals surface area contributed by atoms with Gasteiger partial charge in [0.05, 0.1) is 19.4 Å². The quantitative estimate of drug-likeness (QED) is 0.526. The minimum Gasteiger partial charge on any atom is -0.368 e. The molecule has 0 aliphatic heterocycles. The fourth-order valence-electron chi connectivity index (χ4n) is 1.08. The molecule has 2 nitrogen and oxygen atoms in total. The Balaban J connectivity index is 3.76. The predicted molar refractivity (Wildman–Crippen MR) is 57.4 cm³/mol. The van der Waals surface area contributed by atoms with Gasteiger partial charge in [0.15, 0.2) is 9.12 Å². The maximum atomic E-state index is 2.83. The molecule has 0 saturated carbocycles. The number of nitrogens with zero attached hydrogens (tertiary/aromatic N) is 2. The van der Waals surface area contributed by atoms with Crippen molar-refractivity contribution < 1.29 is 0 Å². The van der Waals surface area contributed by atoms with E-state index in [9.17, 15) is 0 Å². The molecule has 0 aliphatic rings. The van der Waals surface area contributed by atoms with Gasteiger partial charge in [-0.25, -0.2) is 0 Å². The van der Waals surface area contributed by atoms with Gasteiger partial charge < -0.3 is 8.46 Å². The zero-order valence-corrected chi connectivity index (χ0v) is 11.9. The lowest BCUT2D eigenvalue weighted by atomic mass is 11.3. The summed E-state index contributed by atoms with van der Waals surface area (Å²) in [5.41, 5.74) is 0. The van der Waals surface area contributed by atoms with Gasteiger partial charge in [-0.15, -0.1) is 0 Å². The maximum absolute atomic E-state index is 2.83. The molecule has 0 fully saturated rings. The van der Waals surface area contributed by atoms with E-state index < -0.39 is 9.12 Å². The van der Waals surface area contributed by atoms with E-state index in [-0.39, 0.29) is 19.4 Å². The van der Waals surface area contributed by atoms with Gasteiger partial charge in [0, 0.05) is 0 Å². The van der Waals surface area contributed by atoms with Gasteiger partial charge in [0.1, 0.15) is 0 Å². The third kappa shape index (κ3) is 3.11. The van der Waals surface area contributed by atoms with Crippen molar-refractivity contribution in [2.45, 2.75) is 19.6 Å². The van der Waals surface area contributed by atoms with Crippen molar-refractivity contribution in [2.24, 2.45) is 0 Å². The molecule has 0 aliphatic carbocycles. The standard InChI is InChI=1S/C5H20N2Si3/c1-6(2)10(5)7(8-3)9-4/h10H,8-9H2,1-5H3. The second-order valence-corrected chi connectivity index (χ2v) is 11.1. The lowest BCUT2D eigenvalue weighted by Gasteiger charge is -2.30. The lowest BCUT2D eigenvalue weighted by molar-refractivity contribution is 0.612. The summed E-state index contributed by atoms with van der Waals surface area (Å²) >= 11 is 0. The Labute approximate surface area is 71.2 Å². The minimum atomic E-state index is -0.600. The number of hydrogen-bond donors (Lipinski definition) is 0. The Hall–Kier alpha value is 0.571. The van der Waals surface area contributed by atoms with Crippen molar-refractivity contribution in [3.63, 3.8) is 0 Å². The third-order valence-electron chi connectivity index (χ3n) is 2.09. The largest absolute Gasteiger partial charge is 0.368 e. The molecule has 0 heterocycles. The molecule has 0 rings (SSSR count). The summed E-state index contributed by atoms with van der Waals surface area (Å²) in [5.74, 6) is 0. The van der Waals surface area contributed by atoms with Crippen molar-refractivity contribution in [1.82, 2.24) is 8.46 Å². The Morgan fingerprint density at radius 2 is 1.50 bits per heavy atom. The summed E-state index contributed by atoms with van der Waals surface area (Å²) in [5, 5.41) is 0. The van der Waals surface area contributed by atoms with Crippen LogP contribution in [0.25, 0.3) is 0 Å². The van der Waals surface area contributed by atoms with E-state index in [0.717, 1.165) is 0 Å². The summed E-state index contributed by atoms with van der Waals surface area (Å²) in [6.07, 6.45) is 0. The van der Waals surface area contributed by atoms with Crippen LogP contribution in [-0.4, -0.2) is 51.0 Å². The molecule has 0 radical (unpaired) electrons. The van der Waals surface area contributed by atoms with Crippen LogP contribution < -0.4 is 0 Å². The number of hydrogen-bond acceptors (Lipinski definition) is 2. The highest BCUT2D eigenvalue weighted by atomic mass is 28.4. The first-order chi connectivity index (χ1) is 4.63. The van der Waals surface area contributed by atoms with Crippen LogP contribution >= 0.6 is 0 Å². The Kier molecular flexibility index (Phi) is 5.55. The van der Waals surface area contributed by atoms with E-state index in [4.69, 9.17) is 0 Å². The fourth-order valence-corrected chi connectivity index (χ4v) is 9.71. The van der Waals surface area contributed by atoms with Crippen LogP contribution in [0, 0.1) is 0 Å². The molecule has 5 heteroatoms. The van der Waals surface area contributed by atoms with Crippen molar-refractivity contribution in [1.29, 1.82) is 0 Å². The summed E-state index contributed by atoms with van der Waals surface area (Å²) in [7, 11) is 4.15. The Morgan fingerprint density at radius 1 is 1.10 bits per heavy atom. The van der Waals surface area contributed by atoms with E-state index in [2.05, 4.69) is 42.2 Å². The molecular weight excluding hydrogens is 172 g/mol. The van der Waals surface area contributed by atoms with Gasteiger partial charge in [0.25, 0.3) is 0 Å². The average molecular weight is 192 g/mol. The molecule has 0 spiro atoms. The van der Waals surface area contributed by atoms with Crippen LogP contribution in [0.1, 0.15) is 0 Å². The van der Waals surface area contributed by atoms with Crippen molar-refractivity contribution in [2.75, 3.05) is 14.1 Å². The van der Waals surface area contributed by atoms with Crippen LogP contribution in [0.15, 0.2) is 0 Å². The third-order valence-corrected chi connectivity index (χ3v) is 14.3. The lowest BCUT2D eigenvalue weighted by Crippen LogP contribution is -2.49. The molecule has 0 N–H and O–H groups in total. The maximum Gasteiger partial charge on any atom is 0.172 e. The minimum absolute atomic E-state index is 0.153. The van der Waals surface area contributed by atoms with Gasteiger partial charge in [-0.2, -0.15) is 0 Å². The highest BCUT2D eigenvalue weighted by Gasteiger charge is 2.12. The topological polar surface area (TPSA) is 6.48 Å². The molecular formula is C5H20N2Si3. The van der Waals surface area contributed by atoms with Crippen LogP contribution in [0.3, 0.4) is 0 Å². The van der Waals surface area contributed by atoms with Crippen LogP contribution in [-0.2, 0) is 0 Å². The summed E-state index contributed by atoms with van der Waals surface area (Å²) in [6.45, 7) is 7.25. The second kappa shape index (κ2) is 5.25. The highest BCUT2D eigenvalue weighted by Crippen LogP contribution is 1.92. The predicted octanol–water partition coefficient (Wildman–Crippen LogP) is -1.04. The van der Waals surface area contributed by atoms with Crippen LogP contribution in [0.5, 0.6) is 0 Å². The van der Waals surface area contributed by atoms with E-state index in [1.165, 1.54) is 0 Å². The molecule has 0 saturated heterocycles. The second-order valence-electron chi connectivity index (χ2n) is 2.82. The Morgan fingerprint density at radius 3 is 1.60 bits per heavy atom. The molecule has 0 aromatic heterocycles. The zero-order valence-electron chi connectivity index (χ0n) is 7.89. The Bertz CT molecular complexity index is 85.0. The van der Waals surface area contributed by atoms with Gasteiger partial charge in [-0.1, -0.05) is 13.1 Å². The summed E-state index contributed by atoms with van der Waals surface area (Å²) in [6, 6.07) is 0. The van der Waals surface area contributed by atoms with E-state index in [1.807, 2.05) is 0 Å². The van der Waals surface area contributed by atoms with Gasteiger partial charge >= 0.3 is 0 Å². The first-order valence-electron chi connectivity index (χ1n) is 4.03. The SMILES string of the molecule is C[SiH2]N([SiH2]C)[SiH](C)N(C)C. The van der Waals surface area contributed by atoms with Gasteiger partial charge in [-0.3, -0.25) is 0 Å². The summed E-state index contributed by atoms with van der Waals surface area (Å²) in [4.78, 5) is 0. The van der Waals surface area contributed by atoms with Gasteiger partial charge in [0.2, 0.25) is 0 Å². The highest BCUT2D eigenvalue weighted by molar-refractivity contribution is 6.72. The van der Waals surface area contributed by atoms with E-state index in [1.54, 1.807) is 0 Å². The van der Waals surface area contributed by atoms with Crippen molar-refractivity contribution >= 4 is 28.5 Å². The monoisotopic (exact) mass is 192 g/mol. The fraction of sp³-hybridized carbons (Fsp3) is 1.00. The van der Waals surface area contributed by atoms with Crippen molar-refractivity contribution in [3.8, 4) is 0 Å². The molecule has 10 heavy (non-hydrogen) atoms. The summed E-state index contributed by atoms with van der Waals surface area (Å²) < 4.78 is 5.27. The smallest absolute Gasteiger partial charge is 0.172 e. The molecule has 1 unspecified atom stereocenters. The van der Waals surface area contributed by atoms with Crippen LogP contribution in [0.4, 0.5) is 0 Å². The molecule has 1 atom stereocenters. The van der Waals surface area contributed by atoms with E-state index >= 15 is 0 Å². The average Bonchev–Trinajstić information content (AvgIpc) is 1.90. The molecule has 0 aromatic rings. The molecule has 62 valence electrons. The zero-order chi connectivity index (χ0) is 8.15. The number of rotatable bonds is 4.